The Labute approximate surface area is 176 Å². The first-order valence-corrected chi connectivity index (χ1v) is 11.7. The van der Waals surface area contributed by atoms with Crippen LogP contribution in [0.15, 0.2) is 33.6 Å². The van der Waals surface area contributed by atoms with E-state index in [2.05, 4.69) is 21.2 Å². The fourth-order valence-corrected chi connectivity index (χ4v) is 4.97. The second-order valence-electron chi connectivity index (χ2n) is 7.84. The number of benzene rings is 1. The van der Waals surface area contributed by atoms with Crippen LogP contribution in [-0.4, -0.2) is 37.7 Å². The lowest BCUT2D eigenvalue weighted by atomic mass is 10.0. The molecule has 1 aromatic carbocycles. The zero-order valence-electron chi connectivity index (χ0n) is 17.2. The number of amides is 1. The molecule has 0 aliphatic heterocycles. The van der Waals surface area contributed by atoms with E-state index in [0.29, 0.717) is 6.42 Å². The highest BCUT2D eigenvalue weighted by atomic mass is 79.9. The summed E-state index contributed by atoms with van der Waals surface area (Å²) in [5.74, 6) is -1.61. The van der Waals surface area contributed by atoms with Crippen LogP contribution in [0.5, 0.6) is 0 Å². The Balaban J connectivity index is 3.16. The maximum absolute atomic E-state index is 13.1. The minimum absolute atomic E-state index is 0.0646. The molecule has 2 atom stereocenters. The molecule has 158 valence electrons. The summed E-state index contributed by atoms with van der Waals surface area (Å²) < 4.78 is 32.1. The number of hydrogen-bond donors (Lipinski definition) is 1. The van der Waals surface area contributed by atoms with E-state index in [0.717, 1.165) is 4.47 Å². The lowest BCUT2D eigenvalue weighted by molar-refractivity contribution is -0.152. The third kappa shape index (κ3) is 6.88. The lowest BCUT2D eigenvalue weighted by Crippen LogP contribution is -2.50. The molecule has 6 nitrogen and oxygen atoms in total. The molecule has 0 fully saturated rings. The molecule has 0 heterocycles. The molecular weight excluding hydrogens is 446 g/mol. The predicted octanol–water partition coefficient (Wildman–Crippen LogP) is 3.73. The molecule has 0 spiro atoms. The standard InChI is InChI=1S/C20H30BrNO5S/c1-12(2)11-17(20(24)27-14(5)6)22-19(23)18(13(3)4)28(25,26)16-9-7-15(21)8-10-16/h7-10,12-14,17-18H,11H2,1-6H3,(H,22,23)/t17-,18?/m0/s1. The van der Waals surface area contributed by atoms with E-state index in [1.807, 2.05) is 13.8 Å². The number of esters is 1. The van der Waals surface area contributed by atoms with Gasteiger partial charge in [-0.15, -0.1) is 0 Å². The fraction of sp³-hybridized carbons (Fsp3) is 0.600. The van der Waals surface area contributed by atoms with Gasteiger partial charge in [-0.2, -0.15) is 0 Å². The van der Waals surface area contributed by atoms with Crippen molar-refractivity contribution < 1.29 is 22.7 Å². The van der Waals surface area contributed by atoms with Crippen molar-refractivity contribution >= 4 is 37.6 Å². The quantitative estimate of drug-likeness (QED) is 0.549. The van der Waals surface area contributed by atoms with E-state index in [9.17, 15) is 18.0 Å². The molecule has 0 saturated heterocycles. The number of carbonyl (C=O) groups excluding carboxylic acids is 2. The summed E-state index contributed by atoms with van der Waals surface area (Å²) in [4.78, 5) is 25.4. The Morgan fingerprint density at radius 1 is 1.04 bits per heavy atom. The topological polar surface area (TPSA) is 89.5 Å². The number of nitrogens with one attached hydrogen (secondary N) is 1. The number of carbonyl (C=O) groups is 2. The Morgan fingerprint density at radius 3 is 2.00 bits per heavy atom. The van der Waals surface area contributed by atoms with Gasteiger partial charge in [0.1, 0.15) is 11.3 Å². The lowest BCUT2D eigenvalue weighted by Gasteiger charge is -2.25. The number of ether oxygens (including phenoxy) is 1. The fourth-order valence-electron chi connectivity index (χ4n) is 2.83. The van der Waals surface area contributed by atoms with E-state index in [4.69, 9.17) is 4.74 Å². The van der Waals surface area contributed by atoms with Gasteiger partial charge in [-0.3, -0.25) is 4.79 Å². The van der Waals surface area contributed by atoms with Crippen LogP contribution in [-0.2, 0) is 24.2 Å². The van der Waals surface area contributed by atoms with Gasteiger partial charge in [0.25, 0.3) is 0 Å². The first kappa shape index (κ1) is 24.6. The average molecular weight is 476 g/mol. The van der Waals surface area contributed by atoms with Gasteiger partial charge in [0.05, 0.1) is 11.0 Å². The summed E-state index contributed by atoms with van der Waals surface area (Å²) in [5, 5.41) is 1.31. The molecule has 28 heavy (non-hydrogen) atoms. The van der Waals surface area contributed by atoms with Gasteiger partial charge < -0.3 is 10.1 Å². The molecule has 1 amide bonds. The molecule has 0 saturated carbocycles. The zero-order chi connectivity index (χ0) is 21.6. The van der Waals surface area contributed by atoms with E-state index < -0.39 is 38.9 Å². The smallest absolute Gasteiger partial charge is 0.328 e. The molecular formula is C20H30BrNO5S. The Bertz CT molecular complexity index is 772. The molecule has 0 bridgehead atoms. The number of rotatable bonds is 9. The van der Waals surface area contributed by atoms with Crippen LogP contribution in [0.1, 0.15) is 48.0 Å². The van der Waals surface area contributed by atoms with Crippen molar-refractivity contribution in [3.63, 3.8) is 0 Å². The van der Waals surface area contributed by atoms with Gasteiger partial charge in [0, 0.05) is 4.47 Å². The summed E-state index contributed by atoms with van der Waals surface area (Å²) in [6.07, 6.45) is 0.0342. The van der Waals surface area contributed by atoms with Crippen molar-refractivity contribution in [2.45, 2.75) is 70.3 Å². The van der Waals surface area contributed by atoms with Crippen LogP contribution in [0.25, 0.3) is 0 Å². The van der Waals surface area contributed by atoms with E-state index in [1.54, 1.807) is 39.8 Å². The summed E-state index contributed by atoms with van der Waals surface area (Å²) in [6, 6.07) is 5.26. The van der Waals surface area contributed by atoms with Crippen LogP contribution in [0.3, 0.4) is 0 Å². The molecule has 1 unspecified atom stereocenters. The highest BCUT2D eigenvalue weighted by Gasteiger charge is 2.38. The van der Waals surface area contributed by atoms with E-state index in [1.165, 1.54) is 12.1 Å². The molecule has 8 heteroatoms. The Kier molecular flexibility index (Phi) is 9.14. The van der Waals surface area contributed by atoms with E-state index in [-0.39, 0.29) is 16.9 Å². The number of hydrogen-bond acceptors (Lipinski definition) is 5. The summed E-state index contributed by atoms with van der Waals surface area (Å²) >= 11 is 3.27. The van der Waals surface area contributed by atoms with Crippen LogP contribution in [0.2, 0.25) is 0 Å². The SMILES string of the molecule is CC(C)C[C@H](NC(=O)C(C(C)C)S(=O)(=O)c1ccc(Br)cc1)C(=O)OC(C)C. The highest BCUT2D eigenvalue weighted by molar-refractivity contribution is 9.10. The molecule has 0 aromatic heterocycles. The van der Waals surface area contributed by atoms with Crippen molar-refractivity contribution in [2.24, 2.45) is 11.8 Å². The summed E-state index contributed by atoms with van der Waals surface area (Å²) in [5.41, 5.74) is 0. The first-order chi connectivity index (χ1) is 12.9. The zero-order valence-corrected chi connectivity index (χ0v) is 19.6. The molecule has 0 aliphatic rings. The minimum Gasteiger partial charge on any atom is -0.461 e. The highest BCUT2D eigenvalue weighted by Crippen LogP contribution is 2.24. The molecule has 1 N–H and O–H groups in total. The molecule has 1 rings (SSSR count). The van der Waals surface area contributed by atoms with Gasteiger partial charge in [-0.25, -0.2) is 13.2 Å². The Morgan fingerprint density at radius 2 is 1.57 bits per heavy atom. The largest absolute Gasteiger partial charge is 0.461 e. The van der Waals surface area contributed by atoms with Gasteiger partial charge in [0.2, 0.25) is 5.91 Å². The van der Waals surface area contributed by atoms with Crippen molar-refractivity contribution in [3.05, 3.63) is 28.7 Å². The minimum atomic E-state index is -3.92. The van der Waals surface area contributed by atoms with Gasteiger partial charge in [0.15, 0.2) is 9.84 Å². The van der Waals surface area contributed by atoms with Crippen LogP contribution >= 0.6 is 15.9 Å². The Hall–Kier alpha value is -1.41. The first-order valence-electron chi connectivity index (χ1n) is 9.36. The van der Waals surface area contributed by atoms with Crippen molar-refractivity contribution in [1.82, 2.24) is 5.32 Å². The second kappa shape index (κ2) is 10.4. The second-order valence-corrected chi connectivity index (χ2v) is 10.8. The van der Waals surface area contributed by atoms with Crippen molar-refractivity contribution in [1.29, 1.82) is 0 Å². The number of sulfone groups is 1. The summed E-state index contributed by atoms with van der Waals surface area (Å²) in [7, 11) is -3.92. The molecule has 0 radical (unpaired) electrons. The van der Waals surface area contributed by atoms with Crippen molar-refractivity contribution in [2.75, 3.05) is 0 Å². The third-order valence-electron chi connectivity index (χ3n) is 4.00. The average Bonchev–Trinajstić information content (AvgIpc) is 2.52. The maximum Gasteiger partial charge on any atom is 0.328 e. The molecule has 1 aromatic rings. The van der Waals surface area contributed by atoms with Gasteiger partial charge >= 0.3 is 5.97 Å². The van der Waals surface area contributed by atoms with Crippen LogP contribution < -0.4 is 5.32 Å². The van der Waals surface area contributed by atoms with Crippen molar-refractivity contribution in [3.8, 4) is 0 Å². The van der Waals surface area contributed by atoms with Crippen LogP contribution in [0, 0.1) is 11.8 Å². The summed E-state index contributed by atoms with van der Waals surface area (Å²) in [6.45, 7) is 10.6. The normalized spacial score (nSPS) is 14.2. The van der Waals surface area contributed by atoms with Crippen LogP contribution in [0.4, 0.5) is 0 Å². The molecule has 0 aliphatic carbocycles. The maximum atomic E-state index is 13.1. The number of halogens is 1. The van der Waals surface area contributed by atoms with Gasteiger partial charge in [-0.05, 0) is 56.4 Å². The van der Waals surface area contributed by atoms with Gasteiger partial charge in [-0.1, -0.05) is 43.6 Å². The predicted molar refractivity (Wildman–Crippen MR) is 113 cm³/mol. The van der Waals surface area contributed by atoms with E-state index >= 15 is 0 Å². The third-order valence-corrected chi connectivity index (χ3v) is 6.89. The monoisotopic (exact) mass is 475 g/mol.